The molecule has 0 radical (unpaired) electrons. The summed E-state index contributed by atoms with van der Waals surface area (Å²) in [5, 5.41) is 9.43. The SMILES string of the molecule is CCCCCCCCCCCCCCCCc1cccc(O)c1. The molecule has 1 aromatic carbocycles. The van der Waals surface area contributed by atoms with Crippen molar-refractivity contribution in [2.45, 2.75) is 103 Å². The molecule has 1 aromatic rings. The highest BCUT2D eigenvalue weighted by Gasteiger charge is 1.96. The molecule has 0 spiro atoms. The van der Waals surface area contributed by atoms with Crippen LogP contribution in [0.1, 0.15) is 102 Å². The third-order valence-electron chi connectivity index (χ3n) is 4.73. The lowest BCUT2D eigenvalue weighted by Crippen LogP contribution is -1.86. The third kappa shape index (κ3) is 12.1. The molecule has 0 amide bonds. The molecule has 0 heterocycles. The number of aromatic hydroxyl groups is 1. The maximum atomic E-state index is 9.43. The van der Waals surface area contributed by atoms with E-state index in [9.17, 15) is 5.11 Å². The van der Waals surface area contributed by atoms with Crippen LogP contribution in [0.5, 0.6) is 5.75 Å². The second-order valence-electron chi connectivity index (χ2n) is 7.02. The molecule has 23 heavy (non-hydrogen) atoms. The van der Waals surface area contributed by atoms with Crippen LogP contribution >= 0.6 is 0 Å². The first-order chi connectivity index (χ1) is 11.3. The van der Waals surface area contributed by atoms with Crippen LogP contribution in [0.3, 0.4) is 0 Å². The summed E-state index contributed by atoms with van der Waals surface area (Å²) in [7, 11) is 0. The van der Waals surface area contributed by atoms with Gasteiger partial charge in [-0.1, -0.05) is 103 Å². The van der Waals surface area contributed by atoms with Gasteiger partial charge in [0.05, 0.1) is 0 Å². The predicted octanol–water partition coefficient (Wildman–Crippen LogP) is 7.42. The van der Waals surface area contributed by atoms with Crippen LogP contribution in [-0.4, -0.2) is 5.11 Å². The van der Waals surface area contributed by atoms with E-state index >= 15 is 0 Å². The Balaban J connectivity index is 1.78. The molecule has 0 fully saturated rings. The number of hydrogen-bond donors (Lipinski definition) is 1. The first kappa shape index (κ1) is 20.1. The van der Waals surface area contributed by atoms with Crippen LogP contribution in [0.4, 0.5) is 0 Å². The smallest absolute Gasteiger partial charge is 0.115 e. The van der Waals surface area contributed by atoms with Crippen LogP contribution in [0.2, 0.25) is 0 Å². The van der Waals surface area contributed by atoms with Gasteiger partial charge in [-0.2, -0.15) is 0 Å². The first-order valence-electron chi connectivity index (χ1n) is 10.1. The molecule has 132 valence electrons. The van der Waals surface area contributed by atoms with Crippen molar-refractivity contribution in [3.8, 4) is 5.75 Å². The van der Waals surface area contributed by atoms with E-state index in [1.165, 1.54) is 95.5 Å². The average Bonchev–Trinajstić information content (AvgIpc) is 2.55. The van der Waals surface area contributed by atoms with Gasteiger partial charge in [0.2, 0.25) is 0 Å². The Labute approximate surface area is 144 Å². The average molecular weight is 319 g/mol. The van der Waals surface area contributed by atoms with Crippen molar-refractivity contribution >= 4 is 0 Å². The Kier molecular flexibility index (Phi) is 12.7. The number of aryl methyl sites for hydroxylation is 1. The van der Waals surface area contributed by atoms with E-state index in [2.05, 4.69) is 13.0 Å². The maximum absolute atomic E-state index is 9.43. The summed E-state index contributed by atoms with van der Waals surface area (Å²) in [6, 6.07) is 7.69. The highest BCUT2D eigenvalue weighted by molar-refractivity contribution is 5.27. The van der Waals surface area contributed by atoms with Crippen molar-refractivity contribution in [3.63, 3.8) is 0 Å². The minimum atomic E-state index is 0.396. The predicted molar refractivity (Wildman–Crippen MR) is 102 cm³/mol. The molecule has 1 rings (SSSR count). The molecule has 0 saturated heterocycles. The van der Waals surface area contributed by atoms with Gasteiger partial charge in [0.25, 0.3) is 0 Å². The lowest BCUT2D eigenvalue weighted by molar-refractivity contribution is 0.474. The molecule has 0 unspecified atom stereocenters. The highest BCUT2D eigenvalue weighted by atomic mass is 16.3. The first-order valence-corrected chi connectivity index (χ1v) is 10.1. The summed E-state index contributed by atoms with van der Waals surface area (Å²) in [6.07, 6.45) is 20.8. The standard InChI is InChI=1S/C22H38O/c1-2-3-4-5-6-7-8-9-10-11-12-13-14-15-17-21-18-16-19-22(23)20-21/h16,18-20,23H,2-15,17H2,1H3. The van der Waals surface area contributed by atoms with E-state index in [4.69, 9.17) is 0 Å². The summed E-state index contributed by atoms with van der Waals surface area (Å²) in [5.41, 5.74) is 1.27. The van der Waals surface area contributed by atoms with E-state index in [0.29, 0.717) is 5.75 Å². The zero-order chi connectivity index (χ0) is 16.6. The summed E-state index contributed by atoms with van der Waals surface area (Å²) < 4.78 is 0. The van der Waals surface area contributed by atoms with Crippen molar-refractivity contribution < 1.29 is 5.11 Å². The summed E-state index contributed by atoms with van der Waals surface area (Å²) in [5.74, 6) is 0.396. The second kappa shape index (κ2) is 14.6. The molecule has 1 heteroatoms. The summed E-state index contributed by atoms with van der Waals surface area (Å²) >= 11 is 0. The Morgan fingerprint density at radius 1 is 0.652 bits per heavy atom. The van der Waals surface area contributed by atoms with Crippen LogP contribution in [0.15, 0.2) is 24.3 Å². The topological polar surface area (TPSA) is 20.2 Å². The number of rotatable bonds is 15. The fourth-order valence-corrected chi connectivity index (χ4v) is 3.24. The largest absolute Gasteiger partial charge is 0.508 e. The summed E-state index contributed by atoms with van der Waals surface area (Å²) in [6.45, 7) is 2.28. The van der Waals surface area contributed by atoms with Gasteiger partial charge in [-0.3, -0.25) is 0 Å². The van der Waals surface area contributed by atoms with Crippen molar-refractivity contribution in [1.29, 1.82) is 0 Å². The Morgan fingerprint density at radius 2 is 1.13 bits per heavy atom. The molecule has 0 bridgehead atoms. The normalized spacial score (nSPS) is 11.0. The molecular formula is C22H38O. The number of phenolic OH excluding ortho intramolecular Hbond substituents is 1. The van der Waals surface area contributed by atoms with Gasteiger partial charge in [-0.05, 0) is 30.5 Å². The zero-order valence-corrected chi connectivity index (χ0v) is 15.4. The fourth-order valence-electron chi connectivity index (χ4n) is 3.24. The van der Waals surface area contributed by atoms with Crippen molar-refractivity contribution in [2.75, 3.05) is 0 Å². The summed E-state index contributed by atoms with van der Waals surface area (Å²) in [4.78, 5) is 0. The van der Waals surface area contributed by atoms with E-state index < -0.39 is 0 Å². The van der Waals surface area contributed by atoms with Gasteiger partial charge in [0.15, 0.2) is 0 Å². The fraction of sp³-hybridized carbons (Fsp3) is 0.727. The molecule has 1 nitrogen and oxygen atoms in total. The van der Waals surface area contributed by atoms with Gasteiger partial charge >= 0.3 is 0 Å². The number of hydrogen-bond acceptors (Lipinski definition) is 1. The van der Waals surface area contributed by atoms with Gasteiger partial charge in [-0.25, -0.2) is 0 Å². The molecule has 0 aliphatic rings. The second-order valence-corrected chi connectivity index (χ2v) is 7.02. The number of phenols is 1. The lowest BCUT2D eigenvalue weighted by Gasteiger charge is -2.04. The Morgan fingerprint density at radius 3 is 1.61 bits per heavy atom. The van der Waals surface area contributed by atoms with Gasteiger partial charge in [0.1, 0.15) is 5.75 Å². The molecule has 1 N–H and O–H groups in total. The number of unbranched alkanes of at least 4 members (excludes halogenated alkanes) is 13. The molecule has 0 aliphatic carbocycles. The minimum Gasteiger partial charge on any atom is -0.508 e. The van der Waals surface area contributed by atoms with Crippen LogP contribution in [0, 0.1) is 0 Å². The van der Waals surface area contributed by atoms with E-state index in [0.717, 1.165) is 6.42 Å². The molecular weight excluding hydrogens is 280 g/mol. The quantitative estimate of drug-likeness (QED) is 0.334. The van der Waals surface area contributed by atoms with Gasteiger partial charge in [-0.15, -0.1) is 0 Å². The number of benzene rings is 1. The van der Waals surface area contributed by atoms with E-state index in [-0.39, 0.29) is 0 Å². The Hall–Kier alpha value is -0.980. The van der Waals surface area contributed by atoms with Crippen LogP contribution in [0.25, 0.3) is 0 Å². The highest BCUT2D eigenvalue weighted by Crippen LogP contribution is 2.16. The van der Waals surface area contributed by atoms with E-state index in [1.54, 1.807) is 6.07 Å². The monoisotopic (exact) mass is 318 g/mol. The molecule has 0 saturated carbocycles. The van der Waals surface area contributed by atoms with Crippen LogP contribution in [-0.2, 0) is 6.42 Å². The molecule has 0 atom stereocenters. The third-order valence-corrected chi connectivity index (χ3v) is 4.73. The van der Waals surface area contributed by atoms with E-state index in [1.807, 2.05) is 12.1 Å². The van der Waals surface area contributed by atoms with Crippen molar-refractivity contribution in [3.05, 3.63) is 29.8 Å². The zero-order valence-electron chi connectivity index (χ0n) is 15.4. The maximum Gasteiger partial charge on any atom is 0.115 e. The van der Waals surface area contributed by atoms with Gasteiger partial charge in [0, 0.05) is 0 Å². The van der Waals surface area contributed by atoms with Gasteiger partial charge < -0.3 is 5.11 Å². The minimum absolute atomic E-state index is 0.396. The van der Waals surface area contributed by atoms with Crippen LogP contribution < -0.4 is 0 Å². The molecule has 0 aromatic heterocycles. The molecule has 0 aliphatic heterocycles. The Bertz CT molecular complexity index is 372. The lowest BCUT2D eigenvalue weighted by atomic mass is 10.0. The van der Waals surface area contributed by atoms with Crippen molar-refractivity contribution in [1.82, 2.24) is 0 Å². The van der Waals surface area contributed by atoms with Crippen molar-refractivity contribution in [2.24, 2.45) is 0 Å².